The number of unbranched alkanes of at least 4 members (excludes halogenated alkanes) is 36. The maximum absolute atomic E-state index is 13.0. The van der Waals surface area contributed by atoms with Gasteiger partial charge in [0.15, 0.2) is 12.2 Å². The van der Waals surface area contributed by atoms with Crippen LogP contribution in [-0.2, 0) is 65.4 Å². The molecule has 0 aliphatic rings. The Morgan fingerprint density at radius 3 is 0.764 bits per heavy atom. The highest BCUT2D eigenvalue weighted by atomic mass is 31.2. The zero-order valence-electron chi connectivity index (χ0n) is 57.9. The summed E-state index contributed by atoms with van der Waals surface area (Å²) in [5.41, 5.74) is 0. The number of phosphoric ester groups is 2. The molecule has 19 heteroatoms. The van der Waals surface area contributed by atoms with E-state index < -0.39 is 97.5 Å². The second-order valence-electron chi connectivity index (χ2n) is 26.7. The number of aliphatic hydroxyl groups is 1. The molecule has 5 atom stereocenters. The summed E-state index contributed by atoms with van der Waals surface area (Å²) < 4.78 is 68.2. The van der Waals surface area contributed by atoms with Crippen LogP contribution in [0.4, 0.5) is 0 Å². The monoisotopic (exact) mass is 1310 g/mol. The van der Waals surface area contributed by atoms with Crippen LogP contribution < -0.4 is 0 Å². The smallest absolute Gasteiger partial charge is 0.462 e. The predicted octanol–water partition coefficient (Wildman–Crippen LogP) is 19.8. The summed E-state index contributed by atoms with van der Waals surface area (Å²) in [5, 5.41) is 10.6. The van der Waals surface area contributed by atoms with E-state index in [4.69, 9.17) is 37.0 Å². The standard InChI is InChI=1S/C70H136O17P2/c1-8-9-10-11-12-30-37-44-51-67(72)80-57-66(87-70(75)54-47-40-33-26-29-36-43-50-63(6)7)60-85-89(78,79)83-56-64(71)55-82-88(76,77)84-59-65(58-81-68(73)52-45-38-31-24-21-20-23-28-35-42-49-62(4)5)86-69(74)53-46-39-32-25-19-17-15-13-14-16-18-22-27-34-41-48-61(2)3/h61-66,71H,8-60H2,1-7H3,(H,76,77)(H,78,79)/t64-,65-,66-/m1/s1. The molecule has 0 bridgehead atoms. The molecule has 0 aromatic heterocycles. The van der Waals surface area contributed by atoms with Gasteiger partial charge >= 0.3 is 39.5 Å². The first-order chi connectivity index (χ1) is 42.7. The minimum atomic E-state index is -4.95. The lowest BCUT2D eigenvalue weighted by Gasteiger charge is -2.21. The largest absolute Gasteiger partial charge is 0.472 e. The number of carbonyl (C=O) groups is 4. The van der Waals surface area contributed by atoms with Gasteiger partial charge in [-0.3, -0.25) is 37.3 Å². The molecule has 0 aromatic rings. The molecular weight excluding hydrogens is 1170 g/mol. The zero-order valence-corrected chi connectivity index (χ0v) is 59.7. The third kappa shape index (κ3) is 64.6. The molecule has 89 heavy (non-hydrogen) atoms. The molecule has 0 fully saturated rings. The van der Waals surface area contributed by atoms with E-state index >= 15 is 0 Å². The third-order valence-electron chi connectivity index (χ3n) is 16.1. The Bertz CT molecular complexity index is 1750. The quantitative estimate of drug-likeness (QED) is 0.0222. The average molecular weight is 1310 g/mol. The van der Waals surface area contributed by atoms with Gasteiger partial charge < -0.3 is 33.8 Å². The van der Waals surface area contributed by atoms with Gasteiger partial charge in [0.25, 0.3) is 0 Å². The van der Waals surface area contributed by atoms with E-state index in [1.54, 1.807) is 0 Å². The van der Waals surface area contributed by atoms with Crippen molar-refractivity contribution in [3.8, 4) is 0 Å². The Kier molecular flexibility index (Phi) is 59.6. The van der Waals surface area contributed by atoms with Gasteiger partial charge in [-0.05, 0) is 43.4 Å². The molecule has 0 heterocycles. The van der Waals surface area contributed by atoms with Crippen LogP contribution in [0.3, 0.4) is 0 Å². The molecule has 0 rings (SSSR count). The number of hydrogen-bond acceptors (Lipinski definition) is 15. The first-order valence-electron chi connectivity index (χ1n) is 36.3. The van der Waals surface area contributed by atoms with Gasteiger partial charge in [-0.2, -0.15) is 0 Å². The van der Waals surface area contributed by atoms with Crippen molar-refractivity contribution in [2.24, 2.45) is 17.8 Å². The van der Waals surface area contributed by atoms with Crippen LogP contribution >= 0.6 is 15.6 Å². The molecule has 0 spiro atoms. The predicted molar refractivity (Wildman–Crippen MR) is 358 cm³/mol. The van der Waals surface area contributed by atoms with E-state index in [-0.39, 0.29) is 25.7 Å². The summed E-state index contributed by atoms with van der Waals surface area (Å²) in [6.07, 6.45) is 44.6. The summed E-state index contributed by atoms with van der Waals surface area (Å²) in [5.74, 6) is 0.126. The van der Waals surface area contributed by atoms with Gasteiger partial charge in [-0.25, -0.2) is 9.13 Å². The molecule has 0 aliphatic carbocycles. The fourth-order valence-corrected chi connectivity index (χ4v) is 12.1. The van der Waals surface area contributed by atoms with Gasteiger partial charge in [-0.15, -0.1) is 0 Å². The molecule has 17 nitrogen and oxygen atoms in total. The molecule has 2 unspecified atom stereocenters. The van der Waals surface area contributed by atoms with Crippen molar-refractivity contribution in [3.05, 3.63) is 0 Å². The number of rotatable bonds is 68. The van der Waals surface area contributed by atoms with Gasteiger partial charge in [-0.1, -0.05) is 299 Å². The van der Waals surface area contributed by atoms with Crippen LogP contribution in [0.25, 0.3) is 0 Å². The van der Waals surface area contributed by atoms with E-state index in [0.29, 0.717) is 31.6 Å². The lowest BCUT2D eigenvalue weighted by atomic mass is 10.0. The first kappa shape index (κ1) is 87.1. The molecule has 0 saturated heterocycles. The Hall–Kier alpha value is -1.94. The second kappa shape index (κ2) is 61.0. The van der Waals surface area contributed by atoms with E-state index in [9.17, 15) is 43.2 Å². The molecule has 0 radical (unpaired) electrons. The maximum atomic E-state index is 13.0. The molecular formula is C70H136O17P2. The molecule has 3 N–H and O–H groups in total. The molecule has 528 valence electrons. The van der Waals surface area contributed by atoms with Gasteiger partial charge in [0.1, 0.15) is 19.3 Å². The van der Waals surface area contributed by atoms with Gasteiger partial charge in [0.05, 0.1) is 26.4 Å². The highest BCUT2D eigenvalue weighted by Crippen LogP contribution is 2.45. The average Bonchev–Trinajstić information content (AvgIpc) is 3.56. The number of esters is 4. The van der Waals surface area contributed by atoms with Crippen LogP contribution in [0.2, 0.25) is 0 Å². The van der Waals surface area contributed by atoms with Crippen molar-refractivity contribution >= 4 is 39.5 Å². The highest BCUT2D eigenvalue weighted by molar-refractivity contribution is 7.47. The summed E-state index contributed by atoms with van der Waals surface area (Å²) in [7, 11) is -9.90. The normalized spacial score (nSPS) is 14.2. The number of carbonyl (C=O) groups excluding carboxylic acids is 4. The van der Waals surface area contributed by atoms with Crippen molar-refractivity contribution in [1.82, 2.24) is 0 Å². The molecule has 0 aliphatic heterocycles. The summed E-state index contributed by atoms with van der Waals surface area (Å²) in [4.78, 5) is 72.4. The van der Waals surface area contributed by atoms with Crippen molar-refractivity contribution in [2.75, 3.05) is 39.6 Å². The van der Waals surface area contributed by atoms with Crippen LogP contribution in [0.15, 0.2) is 0 Å². The zero-order chi connectivity index (χ0) is 65.9. The Balaban J connectivity index is 5.21. The van der Waals surface area contributed by atoms with Crippen molar-refractivity contribution in [1.29, 1.82) is 0 Å². The summed E-state index contributed by atoms with van der Waals surface area (Å²) in [6, 6.07) is 0. The number of aliphatic hydroxyl groups excluding tert-OH is 1. The SMILES string of the molecule is CCCCCCCCCCC(=O)OC[C@H](COP(=O)(O)OC[C@H](O)COP(=O)(O)OC[C@@H](COC(=O)CCCCCCCCCCCCC(C)C)OC(=O)CCCCCCCCCCCCCCCCCC(C)C)OC(=O)CCCCCCCCCC(C)C. The van der Waals surface area contributed by atoms with E-state index in [1.165, 1.54) is 154 Å². The number of ether oxygens (including phenoxy) is 4. The molecule has 0 amide bonds. The van der Waals surface area contributed by atoms with Crippen molar-refractivity contribution in [2.45, 2.75) is 369 Å². The molecule has 0 aromatic carbocycles. The fourth-order valence-electron chi connectivity index (χ4n) is 10.5. The van der Waals surface area contributed by atoms with Crippen LogP contribution in [0, 0.1) is 17.8 Å². The number of phosphoric acid groups is 2. The van der Waals surface area contributed by atoms with Crippen molar-refractivity contribution in [3.63, 3.8) is 0 Å². The molecule has 0 saturated carbocycles. The van der Waals surface area contributed by atoms with E-state index in [1.807, 2.05) is 0 Å². The Labute approximate surface area is 543 Å². The summed E-state index contributed by atoms with van der Waals surface area (Å²) >= 11 is 0. The highest BCUT2D eigenvalue weighted by Gasteiger charge is 2.30. The Morgan fingerprint density at radius 2 is 0.517 bits per heavy atom. The van der Waals surface area contributed by atoms with Gasteiger partial charge in [0.2, 0.25) is 0 Å². The lowest BCUT2D eigenvalue weighted by molar-refractivity contribution is -0.161. The van der Waals surface area contributed by atoms with Gasteiger partial charge in [0, 0.05) is 25.7 Å². The first-order valence-corrected chi connectivity index (χ1v) is 39.3. The van der Waals surface area contributed by atoms with Crippen LogP contribution in [-0.4, -0.2) is 96.7 Å². The van der Waals surface area contributed by atoms with Crippen LogP contribution in [0.1, 0.15) is 350 Å². The maximum Gasteiger partial charge on any atom is 0.472 e. The Morgan fingerprint density at radius 1 is 0.303 bits per heavy atom. The lowest BCUT2D eigenvalue weighted by Crippen LogP contribution is -2.30. The summed E-state index contributed by atoms with van der Waals surface area (Å²) in [6.45, 7) is 11.8. The minimum absolute atomic E-state index is 0.103. The van der Waals surface area contributed by atoms with Crippen molar-refractivity contribution < 1.29 is 80.2 Å². The van der Waals surface area contributed by atoms with Crippen LogP contribution in [0.5, 0.6) is 0 Å². The minimum Gasteiger partial charge on any atom is -0.462 e. The van der Waals surface area contributed by atoms with E-state index in [2.05, 4.69) is 48.5 Å². The fraction of sp³-hybridized carbons (Fsp3) is 0.943. The topological polar surface area (TPSA) is 237 Å². The second-order valence-corrected chi connectivity index (χ2v) is 29.6. The third-order valence-corrected chi connectivity index (χ3v) is 18.0. The van der Waals surface area contributed by atoms with E-state index in [0.717, 1.165) is 108 Å². The number of hydrogen-bond donors (Lipinski definition) is 3.